The van der Waals surface area contributed by atoms with E-state index in [1.54, 1.807) is 0 Å². The summed E-state index contributed by atoms with van der Waals surface area (Å²) < 4.78 is 5.60. The average Bonchev–Trinajstić information content (AvgIpc) is 3.23. The summed E-state index contributed by atoms with van der Waals surface area (Å²) in [5.74, 6) is 0.577. The van der Waals surface area contributed by atoms with Crippen LogP contribution >= 0.6 is 0 Å². The molecule has 1 aliphatic rings. The molecule has 3 aromatic rings. The van der Waals surface area contributed by atoms with Crippen LogP contribution in [0.25, 0.3) is 0 Å². The normalized spacial score (nSPS) is 13.4. The van der Waals surface area contributed by atoms with Crippen molar-refractivity contribution < 1.29 is 9.53 Å². The minimum absolute atomic E-state index is 0.00683. The molecular formula is C26H29N3O2. The van der Waals surface area contributed by atoms with E-state index in [0.717, 1.165) is 18.7 Å². The third-order valence-corrected chi connectivity index (χ3v) is 5.70. The number of carbonyl (C=O) groups is 1. The Morgan fingerprint density at radius 2 is 1.71 bits per heavy atom. The van der Waals surface area contributed by atoms with Gasteiger partial charge < -0.3 is 19.9 Å². The highest BCUT2D eigenvalue weighted by atomic mass is 16.5. The average molecular weight is 416 g/mol. The molecule has 1 atom stereocenters. The van der Waals surface area contributed by atoms with Crippen molar-refractivity contribution >= 4 is 17.3 Å². The van der Waals surface area contributed by atoms with E-state index in [0.29, 0.717) is 12.3 Å². The Kier molecular flexibility index (Phi) is 6.41. The molecule has 0 saturated carbocycles. The van der Waals surface area contributed by atoms with Crippen LogP contribution in [-0.2, 0) is 11.2 Å². The first-order valence-electron chi connectivity index (χ1n) is 10.7. The second-order valence-electron chi connectivity index (χ2n) is 7.98. The van der Waals surface area contributed by atoms with E-state index in [-0.39, 0.29) is 18.6 Å². The van der Waals surface area contributed by atoms with Crippen LogP contribution in [0.4, 0.5) is 11.4 Å². The van der Waals surface area contributed by atoms with Gasteiger partial charge >= 0.3 is 0 Å². The summed E-state index contributed by atoms with van der Waals surface area (Å²) in [5, 5.41) is 3.08. The molecule has 1 aliphatic heterocycles. The fourth-order valence-electron chi connectivity index (χ4n) is 4.02. The molecule has 0 aliphatic carbocycles. The third kappa shape index (κ3) is 5.00. The molecule has 0 aromatic heterocycles. The molecular weight excluding hydrogens is 386 g/mol. The minimum Gasteiger partial charge on any atom is -0.484 e. The van der Waals surface area contributed by atoms with Gasteiger partial charge in [-0.2, -0.15) is 0 Å². The highest BCUT2D eigenvalue weighted by molar-refractivity contribution is 5.77. The van der Waals surface area contributed by atoms with E-state index in [1.165, 1.54) is 16.8 Å². The van der Waals surface area contributed by atoms with Gasteiger partial charge in [-0.25, -0.2) is 0 Å². The molecule has 0 saturated heterocycles. The number of rotatable bonds is 8. The van der Waals surface area contributed by atoms with E-state index in [9.17, 15) is 4.79 Å². The van der Waals surface area contributed by atoms with Gasteiger partial charge in [-0.3, -0.25) is 4.79 Å². The predicted molar refractivity (Wildman–Crippen MR) is 126 cm³/mol. The van der Waals surface area contributed by atoms with Crippen molar-refractivity contribution in [2.24, 2.45) is 0 Å². The number of nitrogens with one attached hydrogen (secondary N) is 1. The first-order valence-corrected chi connectivity index (χ1v) is 10.7. The van der Waals surface area contributed by atoms with Crippen molar-refractivity contribution in [1.29, 1.82) is 0 Å². The van der Waals surface area contributed by atoms with E-state index in [2.05, 4.69) is 63.6 Å². The maximum Gasteiger partial charge on any atom is 0.258 e. The Bertz CT molecular complexity index is 1000. The lowest BCUT2D eigenvalue weighted by Crippen LogP contribution is -2.39. The number of fused-ring (bicyclic) bond motifs is 1. The first kappa shape index (κ1) is 20.8. The van der Waals surface area contributed by atoms with Crippen molar-refractivity contribution in [1.82, 2.24) is 5.32 Å². The van der Waals surface area contributed by atoms with Crippen molar-refractivity contribution in [3.63, 3.8) is 0 Å². The van der Waals surface area contributed by atoms with Crippen molar-refractivity contribution in [2.75, 3.05) is 43.6 Å². The van der Waals surface area contributed by atoms with Gasteiger partial charge in [0.15, 0.2) is 6.61 Å². The van der Waals surface area contributed by atoms with Crippen LogP contribution in [0.5, 0.6) is 5.75 Å². The fraction of sp³-hybridized carbons (Fsp3) is 0.269. The molecule has 5 nitrogen and oxygen atoms in total. The number of para-hydroxylation sites is 2. The molecule has 1 amide bonds. The quantitative estimate of drug-likeness (QED) is 0.603. The Morgan fingerprint density at radius 3 is 2.45 bits per heavy atom. The van der Waals surface area contributed by atoms with Crippen LogP contribution in [0, 0.1) is 0 Å². The standard InChI is InChI=1S/C26H29N3O2/c1-28(2)22-14-12-21(13-15-22)25(29-17-16-20-8-6-7-11-24(20)29)18-27-26(30)19-31-23-9-4-3-5-10-23/h3-15,25H,16-19H2,1-2H3,(H,27,30)/t25-/m1/s1. The number of nitrogens with zero attached hydrogens (tertiary/aromatic N) is 2. The topological polar surface area (TPSA) is 44.8 Å². The summed E-state index contributed by atoms with van der Waals surface area (Å²) in [6, 6.07) is 26.6. The van der Waals surface area contributed by atoms with E-state index in [1.807, 2.05) is 44.4 Å². The smallest absolute Gasteiger partial charge is 0.258 e. The highest BCUT2D eigenvalue weighted by Gasteiger charge is 2.27. The number of carbonyl (C=O) groups excluding carboxylic acids is 1. The van der Waals surface area contributed by atoms with Gasteiger partial charge in [-0.1, -0.05) is 48.5 Å². The monoisotopic (exact) mass is 415 g/mol. The van der Waals surface area contributed by atoms with Gasteiger partial charge in [-0.15, -0.1) is 0 Å². The van der Waals surface area contributed by atoms with Crippen LogP contribution < -0.4 is 19.9 Å². The van der Waals surface area contributed by atoms with Crippen LogP contribution in [0.2, 0.25) is 0 Å². The Morgan fingerprint density at radius 1 is 1.00 bits per heavy atom. The summed E-state index contributed by atoms with van der Waals surface area (Å²) in [5.41, 5.74) is 4.95. The Hall–Kier alpha value is -3.47. The van der Waals surface area contributed by atoms with Crippen molar-refractivity contribution in [2.45, 2.75) is 12.5 Å². The molecule has 1 heterocycles. The van der Waals surface area contributed by atoms with Gasteiger partial charge in [-0.05, 0) is 47.9 Å². The van der Waals surface area contributed by atoms with Crippen LogP contribution in [-0.4, -0.2) is 39.7 Å². The number of ether oxygens (including phenoxy) is 1. The lowest BCUT2D eigenvalue weighted by molar-refractivity contribution is -0.123. The molecule has 0 radical (unpaired) electrons. The van der Waals surface area contributed by atoms with Crippen molar-refractivity contribution in [3.8, 4) is 5.75 Å². The Balaban J connectivity index is 1.48. The minimum atomic E-state index is -0.119. The van der Waals surface area contributed by atoms with Gasteiger partial charge in [0.1, 0.15) is 5.75 Å². The van der Waals surface area contributed by atoms with E-state index >= 15 is 0 Å². The number of benzene rings is 3. The molecule has 160 valence electrons. The molecule has 0 unspecified atom stereocenters. The summed E-state index contributed by atoms with van der Waals surface area (Å²) in [7, 11) is 4.08. The summed E-state index contributed by atoms with van der Waals surface area (Å²) in [6.07, 6.45) is 1.02. The number of hydrogen-bond donors (Lipinski definition) is 1. The zero-order valence-electron chi connectivity index (χ0n) is 18.1. The summed E-state index contributed by atoms with van der Waals surface area (Å²) in [4.78, 5) is 17.0. The predicted octanol–water partition coefficient (Wildman–Crippen LogP) is 4.05. The SMILES string of the molecule is CN(C)c1ccc([C@@H](CNC(=O)COc2ccccc2)N2CCc3ccccc32)cc1. The molecule has 4 rings (SSSR count). The van der Waals surface area contributed by atoms with Crippen LogP contribution in [0.3, 0.4) is 0 Å². The van der Waals surface area contributed by atoms with Gasteiger partial charge in [0, 0.05) is 38.6 Å². The first-order chi connectivity index (χ1) is 15.1. The van der Waals surface area contributed by atoms with Gasteiger partial charge in [0.05, 0.1) is 6.04 Å². The van der Waals surface area contributed by atoms with E-state index in [4.69, 9.17) is 4.74 Å². The lowest BCUT2D eigenvalue weighted by Gasteiger charge is -2.31. The molecule has 1 N–H and O–H groups in total. The zero-order valence-corrected chi connectivity index (χ0v) is 18.1. The maximum atomic E-state index is 12.5. The largest absolute Gasteiger partial charge is 0.484 e. The molecule has 0 bridgehead atoms. The fourth-order valence-corrected chi connectivity index (χ4v) is 4.02. The Labute approximate surface area is 184 Å². The molecule has 3 aromatic carbocycles. The van der Waals surface area contributed by atoms with Gasteiger partial charge in [0.25, 0.3) is 5.91 Å². The zero-order chi connectivity index (χ0) is 21.6. The van der Waals surface area contributed by atoms with Crippen LogP contribution in [0.1, 0.15) is 17.2 Å². The number of anilines is 2. The lowest BCUT2D eigenvalue weighted by atomic mass is 10.0. The van der Waals surface area contributed by atoms with Gasteiger partial charge in [0.2, 0.25) is 0 Å². The highest BCUT2D eigenvalue weighted by Crippen LogP contribution is 2.35. The third-order valence-electron chi connectivity index (χ3n) is 5.70. The molecule has 0 fully saturated rings. The second-order valence-corrected chi connectivity index (χ2v) is 7.98. The number of amides is 1. The molecule has 0 spiro atoms. The summed E-state index contributed by atoms with van der Waals surface area (Å²) >= 11 is 0. The van der Waals surface area contributed by atoms with Crippen LogP contribution in [0.15, 0.2) is 78.9 Å². The second kappa shape index (κ2) is 9.56. The summed E-state index contributed by atoms with van der Waals surface area (Å²) in [6.45, 7) is 1.47. The van der Waals surface area contributed by atoms with Crippen molar-refractivity contribution in [3.05, 3.63) is 90.0 Å². The number of hydrogen-bond acceptors (Lipinski definition) is 4. The van der Waals surface area contributed by atoms with E-state index < -0.39 is 0 Å². The maximum absolute atomic E-state index is 12.5. The molecule has 5 heteroatoms. The molecule has 31 heavy (non-hydrogen) atoms.